The lowest BCUT2D eigenvalue weighted by atomic mass is 10.2. The van der Waals surface area contributed by atoms with Crippen molar-refractivity contribution in [3.05, 3.63) is 71.8 Å². The summed E-state index contributed by atoms with van der Waals surface area (Å²) in [7, 11) is -2.18. The number of hydrogen-bond acceptors (Lipinski definition) is 5. The van der Waals surface area contributed by atoms with Crippen molar-refractivity contribution < 1.29 is 36.3 Å². The molecule has 13 heteroatoms. The number of carbonyl (C=O) groups is 2. The number of amides is 1. The van der Waals surface area contributed by atoms with E-state index < -0.39 is 22.2 Å². The highest BCUT2D eigenvalue weighted by Gasteiger charge is 2.38. The summed E-state index contributed by atoms with van der Waals surface area (Å²) in [6.07, 6.45) is -3.32. The number of carboxylic acids is 1. The molecule has 0 saturated carbocycles. The predicted molar refractivity (Wildman–Crippen MR) is 117 cm³/mol. The summed E-state index contributed by atoms with van der Waals surface area (Å²) < 4.78 is 59.4. The summed E-state index contributed by atoms with van der Waals surface area (Å²) >= 11 is 0. The normalized spacial score (nSPS) is 11.4. The maximum Gasteiger partial charge on any atom is 0.490 e. The zero-order chi connectivity index (χ0) is 25.7. The van der Waals surface area contributed by atoms with Crippen LogP contribution in [0.4, 0.5) is 18.9 Å². The van der Waals surface area contributed by atoms with Gasteiger partial charge in [0.25, 0.3) is 5.91 Å². The van der Waals surface area contributed by atoms with Crippen LogP contribution in [0, 0.1) is 13.8 Å². The number of aromatic nitrogens is 2. The summed E-state index contributed by atoms with van der Waals surface area (Å²) in [4.78, 5) is 25.6. The van der Waals surface area contributed by atoms with Gasteiger partial charge >= 0.3 is 12.1 Å². The molecule has 2 aromatic carbocycles. The van der Waals surface area contributed by atoms with Gasteiger partial charge in [-0.15, -0.1) is 0 Å². The SMILES string of the molecule is CNS(=O)(=O)c1ccc(C(=O)Nc2ccc(-n3cnc(C)c3C)cc2)cc1.O=C(O)C(F)(F)F. The Kier molecular flexibility index (Phi) is 8.18. The van der Waals surface area contributed by atoms with Crippen LogP contribution in [-0.2, 0) is 14.8 Å². The number of imidazole rings is 1. The molecule has 1 aromatic heterocycles. The maximum atomic E-state index is 12.4. The van der Waals surface area contributed by atoms with Crippen LogP contribution < -0.4 is 10.0 Å². The lowest BCUT2D eigenvalue weighted by Crippen LogP contribution is -2.21. The van der Waals surface area contributed by atoms with Crippen LogP contribution in [0.2, 0.25) is 0 Å². The number of carbonyl (C=O) groups excluding carboxylic acids is 1. The Hall–Kier alpha value is -3.71. The molecule has 0 bridgehead atoms. The molecular formula is C21H21F3N4O5S. The number of benzene rings is 2. The second-order valence-electron chi connectivity index (χ2n) is 6.82. The molecule has 182 valence electrons. The van der Waals surface area contributed by atoms with Gasteiger partial charge in [0, 0.05) is 22.6 Å². The van der Waals surface area contributed by atoms with E-state index in [1.165, 1.54) is 31.3 Å². The third-order valence-electron chi connectivity index (χ3n) is 4.59. The Bertz CT molecular complexity index is 1270. The second kappa shape index (κ2) is 10.5. The summed E-state index contributed by atoms with van der Waals surface area (Å²) in [6, 6.07) is 13.2. The average molecular weight is 498 g/mol. The van der Waals surface area contributed by atoms with Gasteiger partial charge in [0.05, 0.1) is 16.9 Å². The number of aliphatic carboxylic acids is 1. The van der Waals surface area contributed by atoms with E-state index in [4.69, 9.17) is 9.90 Å². The minimum Gasteiger partial charge on any atom is -0.475 e. The second-order valence-corrected chi connectivity index (χ2v) is 8.71. The molecule has 0 aliphatic rings. The van der Waals surface area contributed by atoms with Crippen molar-refractivity contribution in [1.29, 1.82) is 0 Å². The van der Waals surface area contributed by atoms with E-state index in [0.29, 0.717) is 11.3 Å². The van der Waals surface area contributed by atoms with Crippen LogP contribution in [0.15, 0.2) is 59.8 Å². The van der Waals surface area contributed by atoms with Gasteiger partial charge in [-0.3, -0.25) is 4.79 Å². The van der Waals surface area contributed by atoms with Crippen LogP contribution in [0.5, 0.6) is 0 Å². The van der Waals surface area contributed by atoms with Crippen molar-refractivity contribution in [2.24, 2.45) is 0 Å². The largest absolute Gasteiger partial charge is 0.490 e. The van der Waals surface area contributed by atoms with E-state index in [1.54, 1.807) is 6.33 Å². The van der Waals surface area contributed by atoms with Crippen LogP contribution in [0.1, 0.15) is 21.7 Å². The Morgan fingerprint density at radius 3 is 1.94 bits per heavy atom. The van der Waals surface area contributed by atoms with Gasteiger partial charge in [0.2, 0.25) is 10.0 Å². The minimum atomic E-state index is -5.08. The van der Waals surface area contributed by atoms with Gasteiger partial charge in [0.1, 0.15) is 0 Å². The number of nitrogens with zero attached hydrogens (tertiary/aromatic N) is 2. The molecule has 0 aliphatic heterocycles. The van der Waals surface area contributed by atoms with Crippen molar-refractivity contribution in [3.8, 4) is 5.69 Å². The molecule has 0 spiro atoms. The molecule has 3 aromatic rings. The van der Waals surface area contributed by atoms with Crippen molar-refractivity contribution >= 4 is 27.6 Å². The number of carboxylic acid groups (broad SMARTS) is 1. The third-order valence-corrected chi connectivity index (χ3v) is 6.02. The van der Waals surface area contributed by atoms with Gasteiger partial charge in [0.15, 0.2) is 0 Å². The maximum absolute atomic E-state index is 12.4. The zero-order valence-electron chi connectivity index (χ0n) is 18.2. The van der Waals surface area contributed by atoms with E-state index in [0.717, 1.165) is 17.1 Å². The summed E-state index contributed by atoms with van der Waals surface area (Å²) in [5, 5.41) is 9.93. The van der Waals surface area contributed by atoms with Crippen LogP contribution in [-0.4, -0.2) is 48.2 Å². The van der Waals surface area contributed by atoms with Crippen LogP contribution in [0.3, 0.4) is 0 Å². The molecule has 0 fully saturated rings. The molecule has 3 rings (SSSR count). The molecule has 3 N–H and O–H groups in total. The quantitative estimate of drug-likeness (QED) is 0.495. The van der Waals surface area contributed by atoms with Crippen LogP contribution in [0.25, 0.3) is 5.69 Å². The molecule has 0 aliphatic carbocycles. The van der Waals surface area contributed by atoms with Crippen molar-refractivity contribution in [2.45, 2.75) is 24.9 Å². The molecule has 1 heterocycles. The number of halogens is 3. The number of nitrogens with one attached hydrogen (secondary N) is 2. The van der Waals surface area contributed by atoms with Gasteiger partial charge in [-0.25, -0.2) is 22.9 Å². The van der Waals surface area contributed by atoms with Crippen molar-refractivity contribution in [3.63, 3.8) is 0 Å². The van der Waals surface area contributed by atoms with E-state index in [1.807, 2.05) is 42.7 Å². The number of hydrogen-bond donors (Lipinski definition) is 3. The Balaban J connectivity index is 0.000000509. The van der Waals surface area contributed by atoms with Gasteiger partial charge in [-0.05, 0) is 69.4 Å². The number of sulfonamides is 1. The van der Waals surface area contributed by atoms with Crippen molar-refractivity contribution in [2.75, 3.05) is 12.4 Å². The summed E-state index contributed by atoms with van der Waals surface area (Å²) in [6.45, 7) is 3.95. The van der Waals surface area contributed by atoms with Gasteiger partial charge < -0.3 is 15.0 Å². The Morgan fingerprint density at radius 2 is 1.53 bits per heavy atom. The standard InChI is InChI=1S/C19H20N4O3S.C2HF3O2/c1-13-14(2)23(12-21-13)17-8-6-16(7-9-17)22-19(24)15-4-10-18(11-5-15)27(25,26)20-3;3-2(4,5)1(6)7/h4-12,20H,1-3H3,(H,22,24);(H,6,7). The minimum absolute atomic E-state index is 0.108. The zero-order valence-corrected chi connectivity index (χ0v) is 19.0. The number of aryl methyl sites for hydroxylation is 1. The Labute approximate surface area is 193 Å². The fraction of sp³-hybridized carbons (Fsp3) is 0.190. The highest BCUT2D eigenvalue weighted by molar-refractivity contribution is 7.89. The lowest BCUT2D eigenvalue weighted by Gasteiger charge is -2.09. The topological polar surface area (TPSA) is 130 Å². The van der Waals surface area contributed by atoms with Gasteiger partial charge in [-0.1, -0.05) is 0 Å². The highest BCUT2D eigenvalue weighted by Crippen LogP contribution is 2.18. The van der Waals surface area contributed by atoms with Gasteiger partial charge in [-0.2, -0.15) is 13.2 Å². The molecule has 0 radical (unpaired) electrons. The predicted octanol–water partition coefficient (Wildman–Crippen LogP) is 3.28. The van der Waals surface area contributed by atoms with E-state index in [-0.39, 0.29) is 10.8 Å². The molecule has 34 heavy (non-hydrogen) atoms. The molecule has 0 saturated heterocycles. The number of rotatable bonds is 5. The first kappa shape index (κ1) is 26.5. The van der Waals surface area contributed by atoms with Crippen molar-refractivity contribution in [1.82, 2.24) is 14.3 Å². The van der Waals surface area contributed by atoms with E-state index in [2.05, 4.69) is 15.0 Å². The van der Waals surface area contributed by atoms with E-state index in [9.17, 15) is 26.4 Å². The monoisotopic (exact) mass is 498 g/mol. The molecule has 0 atom stereocenters. The highest BCUT2D eigenvalue weighted by atomic mass is 32.2. The summed E-state index contributed by atoms with van der Waals surface area (Å²) in [5.74, 6) is -3.07. The lowest BCUT2D eigenvalue weighted by molar-refractivity contribution is -0.192. The first-order valence-corrected chi connectivity index (χ1v) is 11.0. The number of anilines is 1. The first-order valence-electron chi connectivity index (χ1n) is 9.52. The molecule has 9 nitrogen and oxygen atoms in total. The number of alkyl halides is 3. The Morgan fingerprint density at radius 1 is 1.00 bits per heavy atom. The fourth-order valence-corrected chi connectivity index (χ4v) is 3.30. The van der Waals surface area contributed by atoms with Crippen LogP contribution >= 0.6 is 0 Å². The smallest absolute Gasteiger partial charge is 0.475 e. The first-order chi connectivity index (χ1) is 15.8. The molecule has 0 unspecified atom stereocenters. The van der Waals surface area contributed by atoms with E-state index >= 15 is 0 Å². The fourth-order valence-electron chi connectivity index (χ4n) is 2.57. The summed E-state index contributed by atoms with van der Waals surface area (Å²) in [5.41, 5.74) is 3.99. The molecular weight excluding hydrogens is 477 g/mol. The molecule has 1 amide bonds. The third kappa shape index (κ3) is 6.65. The average Bonchev–Trinajstić information content (AvgIpc) is 3.12.